The van der Waals surface area contributed by atoms with Crippen LogP contribution in [0.1, 0.15) is 64.9 Å². The molecule has 0 bridgehead atoms. The van der Waals surface area contributed by atoms with Crippen molar-refractivity contribution < 1.29 is 18.1 Å². The van der Waals surface area contributed by atoms with E-state index in [0.717, 1.165) is 31.2 Å². The predicted octanol–water partition coefficient (Wildman–Crippen LogP) is 5.93. The largest absolute Gasteiger partial charge is 0.530 e. The van der Waals surface area contributed by atoms with Crippen LogP contribution in [-0.4, -0.2) is 13.2 Å². The maximum absolute atomic E-state index is 12.8. The Morgan fingerprint density at radius 2 is 1.55 bits per heavy atom. The first-order valence-electron chi connectivity index (χ1n) is 8.20. The highest BCUT2D eigenvalue weighted by Crippen LogP contribution is 2.51. The van der Waals surface area contributed by atoms with Gasteiger partial charge in [0.05, 0.1) is 13.2 Å². The maximum atomic E-state index is 12.8. The second kappa shape index (κ2) is 10.0. The van der Waals surface area contributed by atoms with E-state index in [2.05, 4.69) is 27.7 Å². The van der Waals surface area contributed by atoms with E-state index in [-0.39, 0.29) is 5.92 Å². The van der Waals surface area contributed by atoms with E-state index in [1.807, 2.05) is 24.3 Å². The summed E-state index contributed by atoms with van der Waals surface area (Å²) in [6.45, 7) is 9.02. The molecule has 0 radical (unpaired) electrons. The monoisotopic (exact) mass is 328 g/mol. The summed E-state index contributed by atoms with van der Waals surface area (Å²) in [5.41, 5.74) is 1.00. The number of unbranched alkanes of at least 4 members (excludes halogenated alkanes) is 2. The van der Waals surface area contributed by atoms with Gasteiger partial charge in [-0.05, 0) is 30.4 Å². The fourth-order valence-corrected chi connectivity index (χ4v) is 3.18. The molecule has 0 amide bonds. The van der Waals surface area contributed by atoms with Crippen LogP contribution in [0.3, 0.4) is 0 Å². The van der Waals surface area contributed by atoms with Gasteiger partial charge in [-0.15, -0.1) is 0 Å². The van der Waals surface area contributed by atoms with Gasteiger partial charge in [0.25, 0.3) is 0 Å². The van der Waals surface area contributed by atoms with E-state index < -0.39 is 7.82 Å². The standard InChI is InChI=1S/C17H29O4P/c1-5-7-13-19-22(18,20-14-8-6-2)21-17-12-10-9-11-16(17)15(3)4/h9-12,15H,5-8,13-14H2,1-4H3. The average Bonchev–Trinajstić information content (AvgIpc) is 2.48. The summed E-state index contributed by atoms with van der Waals surface area (Å²) in [6.07, 6.45) is 3.60. The zero-order valence-corrected chi connectivity index (χ0v) is 15.1. The molecule has 1 rings (SSSR count). The van der Waals surface area contributed by atoms with E-state index in [1.54, 1.807) is 0 Å². The van der Waals surface area contributed by atoms with Gasteiger partial charge in [-0.1, -0.05) is 58.7 Å². The van der Waals surface area contributed by atoms with Crippen LogP contribution in [0.4, 0.5) is 0 Å². The summed E-state index contributed by atoms with van der Waals surface area (Å²) in [7, 11) is -3.57. The van der Waals surface area contributed by atoms with Crippen molar-refractivity contribution in [1.29, 1.82) is 0 Å². The van der Waals surface area contributed by atoms with Gasteiger partial charge in [0, 0.05) is 0 Å². The van der Waals surface area contributed by atoms with Crippen molar-refractivity contribution in [1.82, 2.24) is 0 Å². The van der Waals surface area contributed by atoms with Crippen molar-refractivity contribution in [3.05, 3.63) is 29.8 Å². The lowest BCUT2D eigenvalue weighted by Gasteiger charge is -2.21. The Bertz CT molecular complexity index is 459. The molecule has 0 aliphatic rings. The van der Waals surface area contributed by atoms with Crippen molar-refractivity contribution in [2.75, 3.05) is 13.2 Å². The fourth-order valence-electron chi connectivity index (χ4n) is 1.89. The molecule has 0 N–H and O–H groups in total. The molecule has 4 nitrogen and oxygen atoms in total. The predicted molar refractivity (Wildman–Crippen MR) is 90.5 cm³/mol. The summed E-state index contributed by atoms with van der Waals surface area (Å²) in [5.74, 6) is 0.852. The molecule has 22 heavy (non-hydrogen) atoms. The summed E-state index contributed by atoms with van der Waals surface area (Å²) in [5, 5.41) is 0. The van der Waals surface area contributed by atoms with Gasteiger partial charge in [0.1, 0.15) is 5.75 Å². The number of benzene rings is 1. The molecule has 0 saturated heterocycles. The van der Waals surface area contributed by atoms with Crippen molar-refractivity contribution >= 4 is 7.82 Å². The fraction of sp³-hybridized carbons (Fsp3) is 0.647. The van der Waals surface area contributed by atoms with E-state index in [0.29, 0.717) is 19.0 Å². The number of para-hydroxylation sites is 1. The number of phosphoric ester groups is 1. The van der Waals surface area contributed by atoms with Crippen molar-refractivity contribution in [3.8, 4) is 5.75 Å². The Kier molecular flexibility index (Phi) is 8.77. The Balaban J connectivity index is 2.85. The molecule has 0 aliphatic heterocycles. The van der Waals surface area contributed by atoms with Crippen LogP contribution in [0.5, 0.6) is 5.75 Å². The van der Waals surface area contributed by atoms with Crippen LogP contribution >= 0.6 is 7.82 Å². The Morgan fingerprint density at radius 1 is 1.00 bits per heavy atom. The second-order valence-electron chi connectivity index (χ2n) is 5.60. The molecular weight excluding hydrogens is 299 g/mol. The Labute approximate surface area is 134 Å². The molecule has 0 heterocycles. The van der Waals surface area contributed by atoms with Crippen LogP contribution in [0, 0.1) is 0 Å². The van der Waals surface area contributed by atoms with Gasteiger partial charge in [0.2, 0.25) is 0 Å². The molecular formula is C17H29O4P. The highest BCUT2D eigenvalue weighted by Gasteiger charge is 2.29. The maximum Gasteiger partial charge on any atom is 0.530 e. The van der Waals surface area contributed by atoms with Crippen molar-refractivity contribution in [2.45, 2.75) is 59.3 Å². The number of rotatable bonds is 11. The molecule has 1 aromatic rings. The topological polar surface area (TPSA) is 44.8 Å². The van der Waals surface area contributed by atoms with Gasteiger partial charge in [-0.2, -0.15) is 0 Å². The molecule has 0 spiro atoms. The van der Waals surface area contributed by atoms with Gasteiger partial charge in [-0.25, -0.2) is 4.57 Å². The van der Waals surface area contributed by atoms with E-state index in [4.69, 9.17) is 13.6 Å². The van der Waals surface area contributed by atoms with Gasteiger partial charge in [-0.3, -0.25) is 9.05 Å². The first-order chi connectivity index (χ1) is 10.5. The third kappa shape index (κ3) is 6.51. The molecule has 0 saturated carbocycles. The minimum absolute atomic E-state index is 0.274. The molecule has 0 aliphatic carbocycles. The van der Waals surface area contributed by atoms with Gasteiger partial charge >= 0.3 is 7.82 Å². The number of phosphoric acid groups is 1. The first kappa shape index (κ1) is 19.2. The van der Waals surface area contributed by atoms with Crippen LogP contribution in [0.25, 0.3) is 0 Å². The van der Waals surface area contributed by atoms with Crippen molar-refractivity contribution in [3.63, 3.8) is 0 Å². The van der Waals surface area contributed by atoms with Gasteiger partial charge in [0.15, 0.2) is 0 Å². The summed E-state index contributed by atoms with van der Waals surface area (Å²) in [4.78, 5) is 0. The number of hydrogen-bond acceptors (Lipinski definition) is 4. The smallest absolute Gasteiger partial charge is 0.404 e. The van der Waals surface area contributed by atoms with Crippen LogP contribution in [0.15, 0.2) is 24.3 Å². The molecule has 0 fully saturated rings. The zero-order valence-electron chi connectivity index (χ0n) is 14.2. The average molecular weight is 328 g/mol. The SMILES string of the molecule is CCCCOP(=O)(OCCCC)Oc1ccccc1C(C)C. The van der Waals surface area contributed by atoms with E-state index in [1.165, 1.54) is 0 Å². The van der Waals surface area contributed by atoms with E-state index in [9.17, 15) is 4.57 Å². The summed E-state index contributed by atoms with van der Waals surface area (Å²) < 4.78 is 29.5. The van der Waals surface area contributed by atoms with Crippen LogP contribution in [-0.2, 0) is 13.6 Å². The third-order valence-corrected chi connectivity index (χ3v) is 4.66. The quantitative estimate of drug-likeness (QED) is 0.373. The molecule has 0 aromatic heterocycles. The molecule has 0 atom stereocenters. The van der Waals surface area contributed by atoms with Crippen molar-refractivity contribution in [2.24, 2.45) is 0 Å². The molecule has 0 unspecified atom stereocenters. The highest BCUT2D eigenvalue weighted by atomic mass is 31.2. The minimum Gasteiger partial charge on any atom is -0.404 e. The summed E-state index contributed by atoms with van der Waals surface area (Å²) in [6, 6.07) is 7.60. The Morgan fingerprint density at radius 3 is 2.05 bits per heavy atom. The lowest BCUT2D eigenvalue weighted by atomic mass is 10.0. The van der Waals surface area contributed by atoms with Gasteiger partial charge < -0.3 is 4.52 Å². The Hall–Kier alpha value is -0.830. The van der Waals surface area contributed by atoms with Crippen LogP contribution in [0.2, 0.25) is 0 Å². The van der Waals surface area contributed by atoms with Crippen LogP contribution < -0.4 is 4.52 Å². The van der Waals surface area contributed by atoms with E-state index >= 15 is 0 Å². The summed E-state index contributed by atoms with van der Waals surface area (Å²) >= 11 is 0. The first-order valence-corrected chi connectivity index (χ1v) is 9.66. The molecule has 126 valence electrons. The second-order valence-corrected chi connectivity index (χ2v) is 7.20. The number of hydrogen-bond donors (Lipinski definition) is 0. The third-order valence-electron chi connectivity index (χ3n) is 3.25. The zero-order chi connectivity index (χ0) is 16.4. The highest BCUT2D eigenvalue weighted by molar-refractivity contribution is 7.48. The molecule has 1 aromatic carbocycles. The minimum atomic E-state index is -3.57. The lowest BCUT2D eigenvalue weighted by Crippen LogP contribution is -2.06. The molecule has 5 heteroatoms. The lowest BCUT2D eigenvalue weighted by molar-refractivity contribution is 0.152. The normalized spacial score (nSPS) is 11.9.